The van der Waals surface area contributed by atoms with Crippen molar-refractivity contribution in [3.63, 3.8) is 0 Å². The highest BCUT2D eigenvalue weighted by Gasteiger charge is 2.29. The molecule has 2 aromatic rings. The lowest BCUT2D eigenvalue weighted by molar-refractivity contribution is -0.131. The van der Waals surface area contributed by atoms with Crippen LogP contribution in [0.4, 0.5) is 0 Å². The number of nitrogens with zero attached hydrogens (tertiary/aromatic N) is 3. The van der Waals surface area contributed by atoms with E-state index in [1.165, 1.54) is 0 Å². The molecule has 0 radical (unpaired) electrons. The SMILES string of the molecule is COc1cccc(CC(=O)N2CCC[C@H]2Cn2nc(C)cc2C)c1. The molecule has 0 spiro atoms. The van der Waals surface area contributed by atoms with Crippen LogP contribution in [-0.2, 0) is 17.8 Å². The maximum Gasteiger partial charge on any atom is 0.227 e. The normalized spacial score (nSPS) is 17.3. The molecule has 0 saturated carbocycles. The van der Waals surface area contributed by atoms with Crippen molar-refractivity contribution in [1.82, 2.24) is 14.7 Å². The van der Waals surface area contributed by atoms with E-state index < -0.39 is 0 Å². The van der Waals surface area contributed by atoms with E-state index in [2.05, 4.69) is 18.1 Å². The molecule has 128 valence electrons. The topological polar surface area (TPSA) is 47.4 Å². The number of carbonyl (C=O) groups is 1. The minimum Gasteiger partial charge on any atom is -0.497 e. The smallest absolute Gasteiger partial charge is 0.227 e. The second kappa shape index (κ2) is 7.07. The van der Waals surface area contributed by atoms with Gasteiger partial charge in [-0.2, -0.15) is 5.10 Å². The van der Waals surface area contributed by atoms with Crippen molar-refractivity contribution in [1.29, 1.82) is 0 Å². The fourth-order valence-corrected chi connectivity index (χ4v) is 3.47. The van der Waals surface area contributed by atoms with Gasteiger partial charge in [0.2, 0.25) is 5.91 Å². The number of hydrogen-bond donors (Lipinski definition) is 0. The van der Waals surface area contributed by atoms with E-state index in [1.54, 1.807) is 7.11 Å². The van der Waals surface area contributed by atoms with Crippen molar-refractivity contribution in [2.45, 2.75) is 45.7 Å². The summed E-state index contributed by atoms with van der Waals surface area (Å²) >= 11 is 0. The van der Waals surface area contributed by atoms with E-state index in [9.17, 15) is 4.79 Å². The first-order chi connectivity index (χ1) is 11.6. The summed E-state index contributed by atoms with van der Waals surface area (Å²) in [5.41, 5.74) is 3.18. The Labute approximate surface area is 143 Å². The maximum absolute atomic E-state index is 12.8. The van der Waals surface area contributed by atoms with Crippen LogP contribution in [0.1, 0.15) is 29.8 Å². The standard InChI is InChI=1S/C19H25N3O2/c1-14-10-15(2)22(20-14)13-17-7-5-9-21(17)19(23)12-16-6-4-8-18(11-16)24-3/h4,6,8,10-11,17H,5,7,9,12-13H2,1-3H3/t17-/m0/s1. The lowest BCUT2D eigenvalue weighted by Gasteiger charge is -2.25. The zero-order chi connectivity index (χ0) is 17.1. The number of aryl methyl sites for hydroxylation is 2. The highest BCUT2D eigenvalue weighted by molar-refractivity contribution is 5.79. The van der Waals surface area contributed by atoms with Crippen molar-refractivity contribution >= 4 is 5.91 Å². The third-order valence-electron chi connectivity index (χ3n) is 4.67. The zero-order valence-corrected chi connectivity index (χ0v) is 14.7. The van der Waals surface area contributed by atoms with Crippen LogP contribution in [0.5, 0.6) is 5.75 Å². The Balaban J connectivity index is 1.68. The van der Waals surface area contributed by atoms with Crippen LogP contribution in [-0.4, -0.2) is 40.3 Å². The predicted octanol–water partition coefficient (Wildman–Crippen LogP) is 2.74. The summed E-state index contributed by atoms with van der Waals surface area (Å²) in [5.74, 6) is 0.980. The van der Waals surface area contributed by atoms with Crippen molar-refractivity contribution in [2.24, 2.45) is 0 Å². The molecular formula is C19H25N3O2. The summed E-state index contributed by atoms with van der Waals surface area (Å²) in [5, 5.41) is 4.54. The monoisotopic (exact) mass is 327 g/mol. The molecule has 1 amide bonds. The van der Waals surface area contributed by atoms with Gasteiger partial charge in [0.05, 0.1) is 31.8 Å². The summed E-state index contributed by atoms with van der Waals surface area (Å²) in [6.45, 7) is 5.69. The first-order valence-corrected chi connectivity index (χ1v) is 8.50. The molecule has 1 atom stereocenters. The van der Waals surface area contributed by atoms with Gasteiger partial charge in [0.25, 0.3) is 0 Å². The van der Waals surface area contributed by atoms with E-state index in [0.717, 1.165) is 48.6 Å². The average Bonchev–Trinajstić information content (AvgIpc) is 3.14. The molecule has 3 rings (SSSR count). The molecule has 0 bridgehead atoms. The quantitative estimate of drug-likeness (QED) is 0.848. The van der Waals surface area contributed by atoms with E-state index in [4.69, 9.17) is 4.74 Å². The number of aromatic nitrogens is 2. The van der Waals surface area contributed by atoms with Gasteiger partial charge in [-0.25, -0.2) is 0 Å². The number of amides is 1. The van der Waals surface area contributed by atoms with Gasteiger partial charge in [0, 0.05) is 12.2 Å². The molecule has 1 aromatic carbocycles. The van der Waals surface area contributed by atoms with Crippen LogP contribution in [0.25, 0.3) is 0 Å². The highest BCUT2D eigenvalue weighted by atomic mass is 16.5. The van der Waals surface area contributed by atoms with Gasteiger partial charge >= 0.3 is 0 Å². The van der Waals surface area contributed by atoms with Gasteiger partial charge in [0.1, 0.15) is 5.75 Å². The molecule has 0 N–H and O–H groups in total. The van der Waals surface area contributed by atoms with Crippen molar-refractivity contribution < 1.29 is 9.53 Å². The molecule has 1 saturated heterocycles. The second-order valence-electron chi connectivity index (χ2n) is 6.52. The van der Waals surface area contributed by atoms with Crippen LogP contribution in [0.3, 0.4) is 0 Å². The first kappa shape index (κ1) is 16.6. The summed E-state index contributed by atoms with van der Waals surface area (Å²) < 4.78 is 7.27. The molecule has 0 aliphatic carbocycles. The number of likely N-dealkylation sites (tertiary alicyclic amines) is 1. The van der Waals surface area contributed by atoms with Crippen molar-refractivity contribution in [3.8, 4) is 5.75 Å². The summed E-state index contributed by atoms with van der Waals surface area (Å²) in [6.07, 6.45) is 2.53. The zero-order valence-electron chi connectivity index (χ0n) is 14.7. The minimum absolute atomic E-state index is 0.187. The molecular weight excluding hydrogens is 302 g/mol. The fourth-order valence-electron chi connectivity index (χ4n) is 3.47. The van der Waals surface area contributed by atoms with Gasteiger partial charge in [-0.15, -0.1) is 0 Å². The molecule has 1 aliphatic rings. The Bertz CT molecular complexity index is 723. The molecule has 1 aliphatic heterocycles. The van der Waals surface area contributed by atoms with E-state index >= 15 is 0 Å². The highest BCUT2D eigenvalue weighted by Crippen LogP contribution is 2.22. The predicted molar refractivity (Wildman–Crippen MR) is 93.1 cm³/mol. The molecule has 1 fully saturated rings. The summed E-state index contributed by atoms with van der Waals surface area (Å²) in [7, 11) is 1.64. The average molecular weight is 327 g/mol. The van der Waals surface area contributed by atoms with Gasteiger partial charge in [-0.1, -0.05) is 12.1 Å². The summed E-state index contributed by atoms with van der Waals surface area (Å²) in [6, 6.07) is 10.1. The lowest BCUT2D eigenvalue weighted by atomic mass is 10.1. The first-order valence-electron chi connectivity index (χ1n) is 8.50. The van der Waals surface area contributed by atoms with Gasteiger partial charge in [-0.3, -0.25) is 9.48 Å². The van der Waals surface area contributed by atoms with Crippen LogP contribution >= 0.6 is 0 Å². The Kier molecular flexibility index (Phi) is 4.88. The lowest BCUT2D eigenvalue weighted by Crippen LogP contribution is -2.39. The van der Waals surface area contributed by atoms with Crippen LogP contribution in [0, 0.1) is 13.8 Å². The van der Waals surface area contributed by atoms with Gasteiger partial charge < -0.3 is 9.64 Å². The molecule has 5 nitrogen and oxygen atoms in total. The molecule has 5 heteroatoms. The Morgan fingerprint density at radius 3 is 2.88 bits per heavy atom. The number of carbonyl (C=O) groups excluding carboxylic acids is 1. The molecule has 1 aromatic heterocycles. The number of hydrogen-bond acceptors (Lipinski definition) is 3. The van der Waals surface area contributed by atoms with Crippen molar-refractivity contribution in [3.05, 3.63) is 47.3 Å². The molecule has 0 unspecified atom stereocenters. The van der Waals surface area contributed by atoms with Crippen LogP contribution in [0.15, 0.2) is 30.3 Å². The molecule has 24 heavy (non-hydrogen) atoms. The summed E-state index contributed by atoms with van der Waals surface area (Å²) in [4.78, 5) is 14.8. The Morgan fingerprint density at radius 2 is 2.17 bits per heavy atom. The maximum atomic E-state index is 12.8. The largest absolute Gasteiger partial charge is 0.497 e. The van der Waals surface area contributed by atoms with Crippen LogP contribution in [0.2, 0.25) is 0 Å². The fraction of sp³-hybridized carbons (Fsp3) is 0.474. The third kappa shape index (κ3) is 3.61. The number of benzene rings is 1. The molecule has 2 heterocycles. The number of rotatable bonds is 5. The Hall–Kier alpha value is -2.30. The van der Waals surface area contributed by atoms with Crippen molar-refractivity contribution in [2.75, 3.05) is 13.7 Å². The van der Waals surface area contributed by atoms with E-state index in [1.807, 2.05) is 40.8 Å². The van der Waals surface area contributed by atoms with E-state index in [-0.39, 0.29) is 11.9 Å². The minimum atomic E-state index is 0.187. The van der Waals surface area contributed by atoms with E-state index in [0.29, 0.717) is 6.42 Å². The van der Waals surface area contributed by atoms with Gasteiger partial charge in [0.15, 0.2) is 0 Å². The third-order valence-corrected chi connectivity index (χ3v) is 4.67. The second-order valence-corrected chi connectivity index (χ2v) is 6.52. The number of ether oxygens (including phenoxy) is 1. The Morgan fingerprint density at radius 1 is 1.33 bits per heavy atom. The van der Waals surface area contributed by atoms with Crippen LogP contribution < -0.4 is 4.74 Å². The number of methoxy groups -OCH3 is 1. The van der Waals surface area contributed by atoms with Gasteiger partial charge in [-0.05, 0) is 50.5 Å².